The average Bonchev–Trinajstić information content (AvgIpc) is 3.82. The SMILES string of the molecule is c1ccc2c(c1)Oc1c(ccc3c1c1c4ccccc4ccc1n3-c1ccc3oc4ccccc4c3c1)C21c2ccccc2-c2ccccc21. The van der Waals surface area contributed by atoms with E-state index >= 15 is 0 Å². The molecule has 2 aromatic heterocycles. The van der Waals surface area contributed by atoms with Crippen LogP contribution in [0.4, 0.5) is 0 Å². The first kappa shape index (κ1) is 26.4. The Kier molecular flexibility index (Phi) is 4.91. The lowest BCUT2D eigenvalue weighted by Gasteiger charge is -2.39. The van der Waals surface area contributed by atoms with Crippen molar-refractivity contribution in [2.75, 3.05) is 0 Å². The molecule has 10 aromatic rings. The van der Waals surface area contributed by atoms with Crippen LogP contribution in [-0.4, -0.2) is 4.57 Å². The number of rotatable bonds is 1. The molecule has 1 aliphatic heterocycles. The number of ether oxygens (including phenoxy) is 1. The molecule has 0 fully saturated rings. The Morgan fingerprint density at radius 3 is 1.92 bits per heavy atom. The Hall–Kier alpha value is -6.58. The summed E-state index contributed by atoms with van der Waals surface area (Å²) in [6.07, 6.45) is 0. The van der Waals surface area contributed by atoms with Crippen molar-refractivity contribution >= 4 is 54.5 Å². The molecular weight excluding hydrogens is 611 g/mol. The Morgan fingerprint density at radius 2 is 1.08 bits per heavy atom. The van der Waals surface area contributed by atoms with Gasteiger partial charge in [0.15, 0.2) is 0 Å². The van der Waals surface area contributed by atoms with E-state index in [1.807, 2.05) is 12.1 Å². The zero-order chi connectivity index (χ0) is 32.6. The van der Waals surface area contributed by atoms with E-state index in [0.717, 1.165) is 55.5 Å². The van der Waals surface area contributed by atoms with E-state index in [2.05, 4.69) is 156 Å². The maximum Gasteiger partial charge on any atom is 0.142 e. The molecule has 0 radical (unpaired) electrons. The molecule has 3 nitrogen and oxygen atoms in total. The molecule has 232 valence electrons. The third-order valence-electron chi connectivity index (χ3n) is 11.3. The molecule has 0 amide bonds. The minimum Gasteiger partial charge on any atom is -0.456 e. The van der Waals surface area contributed by atoms with Gasteiger partial charge in [-0.3, -0.25) is 0 Å². The second-order valence-electron chi connectivity index (χ2n) is 13.6. The molecule has 12 rings (SSSR count). The van der Waals surface area contributed by atoms with Crippen LogP contribution in [0.3, 0.4) is 0 Å². The third-order valence-corrected chi connectivity index (χ3v) is 11.3. The summed E-state index contributed by atoms with van der Waals surface area (Å²) in [4.78, 5) is 0. The van der Waals surface area contributed by atoms with Crippen LogP contribution in [0.1, 0.15) is 22.3 Å². The second-order valence-corrected chi connectivity index (χ2v) is 13.6. The number of hydrogen-bond donors (Lipinski definition) is 0. The fourth-order valence-electron chi connectivity index (χ4n) is 9.31. The average molecular weight is 638 g/mol. The summed E-state index contributed by atoms with van der Waals surface area (Å²) >= 11 is 0. The van der Waals surface area contributed by atoms with Gasteiger partial charge in [-0.25, -0.2) is 0 Å². The van der Waals surface area contributed by atoms with Crippen molar-refractivity contribution in [3.05, 3.63) is 186 Å². The molecule has 1 aliphatic carbocycles. The Morgan fingerprint density at radius 1 is 0.440 bits per heavy atom. The summed E-state index contributed by atoms with van der Waals surface area (Å²) < 4.78 is 15.9. The highest BCUT2D eigenvalue weighted by molar-refractivity contribution is 6.24. The Balaban J connectivity index is 1.26. The van der Waals surface area contributed by atoms with Gasteiger partial charge in [0.25, 0.3) is 0 Å². The van der Waals surface area contributed by atoms with Gasteiger partial charge in [-0.2, -0.15) is 0 Å². The number of hydrogen-bond acceptors (Lipinski definition) is 2. The third kappa shape index (κ3) is 3.11. The Bertz CT molecular complexity index is 3040. The maximum atomic E-state index is 7.20. The summed E-state index contributed by atoms with van der Waals surface area (Å²) in [5.41, 5.74) is 12.1. The van der Waals surface area contributed by atoms with Crippen molar-refractivity contribution < 1.29 is 9.15 Å². The van der Waals surface area contributed by atoms with Crippen LogP contribution in [0.15, 0.2) is 168 Å². The predicted octanol–water partition coefficient (Wildman–Crippen LogP) is 12.3. The minimum atomic E-state index is -0.529. The van der Waals surface area contributed by atoms with Crippen LogP contribution in [0.25, 0.3) is 71.3 Å². The molecular formula is C47H27NO2. The van der Waals surface area contributed by atoms with Crippen LogP contribution in [0, 0.1) is 0 Å². The standard InChI is InChI=1S/C47H27NO2/c1-2-12-30-28(11-1)21-24-39-44(30)45-40(48(39)29-22-26-42-34(27-29)33-15-5-9-19-41(33)49-42)25-23-38-46(45)50-43-20-10-8-18-37(43)47(38)35-16-6-3-13-31(35)32-14-4-7-17-36(32)47/h1-27H. The van der Waals surface area contributed by atoms with E-state index in [1.165, 1.54) is 49.5 Å². The number of benzene rings is 8. The molecule has 0 atom stereocenters. The highest BCUT2D eigenvalue weighted by atomic mass is 16.5. The normalized spacial score (nSPS) is 13.9. The van der Waals surface area contributed by atoms with Gasteiger partial charge < -0.3 is 13.7 Å². The van der Waals surface area contributed by atoms with Gasteiger partial charge >= 0.3 is 0 Å². The number of aromatic nitrogens is 1. The minimum absolute atomic E-state index is 0.529. The highest BCUT2D eigenvalue weighted by Gasteiger charge is 2.51. The van der Waals surface area contributed by atoms with Crippen molar-refractivity contribution in [2.24, 2.45) is 0 Å². The predicted molar refractivity (Wildman–Crippen MR) is 203 cm³/mol. The quantitative estimate of drug-likeness (QED) is 0.179. The largest absolute Gasteiger partial charge is 0.456 e. The lowest BCUT2D eigenvalue weighted by molar-refractivity contribution is 0.442. The van der Waals surface area contributed by atoms with Gasteiger partial charge in [0.2, 0.25) is 0 Å². The molecule has 0 N–H and O–H groups in total. The monoisotopic (exact) mass is 637 g/mol. The molecule has 0 bridgehead atoms. The topological polar surface area (TPSA) is 27.3 Å². The molecule has 2 aliphatic rings. The Labute approximate surface area is 287 Å². The van der Waals surface area contributed by atoms with Crippen molar-refractivity contribution in [3.8, 4) is 28.3 Å². The van der Waals surface area contributed by atoms with E-state index < -0.39 is 5.41 Å². The van der Waals surface area contributed by atoms with E-state index in [4.69, 9.17) is 9.15 Å². The summed E-state index contributed by atoms with van der Waals surface area (Å²) in [7, 11) is 0. The molecule has 50 heavy (non-hydrogen) atoms. The summed E-state index contributed by atoms with van der Waals surface area (Å²) in [6.45, 7) is 0. The van der Waals surface area contributed by atoms with Crippen LogP contribution >= 0.6 is 0 Å². The first-order valence-corrected chi connectivity index (χ1v) is 17.2. The number of fused-ring (bicyclic) bond motifs is 18. The lowest BCUT2D eigenvalue weighted by Crippen LogP contribution is -2.32. The molecule has 3 heteroatoms. The van der Waals surface area contributed by atoms with Gasteiger partial charge in [-0.1, -0.05) is 121 Å². The van der Waals surface area contributed by atoms with E-state index in [-0.39, 0.29) is 0 Å². The van der Waals surface area contributed by atoms with E-state index in [0.29, 0.717) is 0 Å². The molecule has 0 unspecified atom stereocenters. The highest BCUT2D eigenvalue weighted by Crippen LogP contribution is 2.63. The van der Waals surface area contributed by atoms with Crippen LogP contribution < -0.4 is 4.74 Å². The lowest BCUT2D eigenvalue weighted by atomic mass is 9.66. The van der Waals surface area contributed by atoms with Crippen molar-refractivity contribution in [1.82, 2.24) is 4.57 Å². The first-order chi connectivity index (χ1) is 24.8. The fraction of sp³-hybridized carbons (Fsp3) is 0.0213. The first-order valence-electron chi connectivity index (χ1n) is 17.2. The number of para-hydroxylation sites is 2. The zero-order valence-electron chi connectivity index (χ0n) is 26.9. The van der Waals surface area contributed by atoms with Crippen molar-refractivity contribution in [3.63, 3.8) is 0 Å². The fourth-order valence-corrected chi connectivity index (χ4v) is 9.31. The molecule has 8 aromatic carbocycles. The summed E-state index contributed by atoms with van der Waals surface area (Å²) in [5.74, 6) is 1.81. The molecule has 0 saturated heterocycles. The number of nitrogens with zero attached hydrogens (tertiary/aromatic N) is 1. The molecule has 0 saturated carbocycles. The van der Waals surface area contributed by atoms with Gasteiger partial charge in [0.1, 0.15) is 22.7 Å². The second kappa shape index (κ2) is 9.31. The molecule has 1 spiro atoms. The van der Waals surface area contributed by atoms with E-state index in [1.54, 1.807) is 0 Å². The van der Waals surface area contributed by atoms with Crippen molar-refractivity contribution in [1.29, 1.82) is 0 Å². The van der Waals surface area contributed by atoms with Gasteiger partial charge in [0.05, 0.1) is 21.8 Å². The zero-order valence-corrected chi connectivity index (χ0v) is 26.9. The van der Waals surface area contributed by atoms with Crippen LogP contribution in [0.5, 0.6) is 11.5 Å². The molecule has 3 heterocycles. The van der Waals surface area contributed by atoms with Crippen molar-refractivity contribution in [2.45, 2.75) is 5.41 Å². The smallest absolute Gasteiger partial charge is 0.142 e. The van der Waals surface area contributed by atoms with E-state index in [9.17, 15) is 0 Å². The van der Waals surface area contributed by atoms with Gasteiger partial charge in [-0.05, 0) is 75.5 Å². The summed E-state index contributed by atoms with van der Waals surface area (Å²) in [6, 6.07) is 59.2. The number of furan rings is 1. The van der Waals surface area contributed by atoms with Gasteiger partial charge in [0, 0.05) is 33.0 Å². The maximum absolute atomic E-state index is 7.20. The summed E-state index contributed by atoms with van der Waals surface area (Å²) in [5, 5.41) is 6.96. The van der Waals surface area contributed by atoms with Crippen LogP contribution in [-0.2, 0) is 5.41 Å². The van der Waals surface area contributed by atoms with Crippen LogP contribution in [0.2, 0.25) is 0 Å². The van der Waals surface area contributed by atoms with Gasteiger partial charge in [-0.15, -0.1) is 0 Å².